The van der Waals surface area contributed by atoms with E-state index in [1.54, 1.807) is 24.0 Å². The van der Waals surface area contributed by atoms with Gasteiger partial charge in [0.2, 0.25) is 0 Å². The molecule has 1 aliphatic rings. The Morgan fingerprint density at radius 3 is 2.61 bits per heavy atom. The molecule has 1 atom stereocenters. The first kappa shape index (κ1) is 19.4. The summed E-state index contributed by atoms with van der Waals surface area (Å²) in [5.41, 5.74) is 3.50. The van der Waals surface area contributed by atoms with Gasteiger partial charge >= 0.3 is 12.0 Å². The van der Waals surface area contributed by atoms with Gasteiger partial charge in [-0.3, -0.25) is 4.79 Å². The summed E-state index contributed by atoms with van der Waals surface area (Å²) in [4.78, 5) is 37.9. The molecule has 2 N–H and O–H groups in total. The monoisotopic (exact) mass is 381 g/mol. The van der Waals surface area contributed by atoms with Gasteiger partial charge in [-0.15, -0.1) is 0 Å². The van der Waals surface area contributed by atoms with Crippen LogP contribution in [0.2, 0.25) is 0 Å². The van der Waals surface area contributed by atoms with Gasteiger partial charge in [-0.05, 0) is 42.7 Å². The molecule has 1 heterocycles. The molecule has 0 fully saturated rings. The Labute approximate surface area is 163 Å². The van der Waals surface area contributed by atoms with E-state index >= 15 is 0 Å². The fraction of sp³-hybridized carbons (Fsp3) is 0.286. The zero-order valence-electron chi connectivity index (χ0n) is 15.9. The number of urea groups is 1. The molecule has 0 spiro atoms. The molecule has 0 aliphatic carbocycles. The second-order valence-electron chi connectivity index (χ2n) is 6.61. The maximum atomic E-state index is 12.8. The molecule has 3 amide bonds. The van der Waals surface area contributed by atoms with Crippen LogP contribution in [0.25, 0.3) is 0 Å². The molecule has 1 aliphatic heterocycles. The van der Waals surface area contributed by atoms with Gasteiger partial charge in [-0.25, -0.2) is 9.59 Å². The van der Waals surface area contributed by atoms with Crippen molar-refractivity contribution in [3.8, 4) is 0 Å². The highest BCUT2D eigenvalue weighted by atomic mass is 16.5. The van der Waals surface area contributed by atoms with E-state index in [0.717, 1.165) is 23.2 Å². The lowest BCUT2D eigenvalue weighted by Gasteiger charge is -2.18. The highest BCUT2D eigenvalue weighted by Crippen LogP contribution is 2.30. The summed E-state index contributed by atoms with van der Waals surface area (Å²) >= 11 is 0. The van der Waals surface area contributed by atoms with Crippen LogP contribution >= 0.6 is 0 Å². The number of methoxy groups -OCH3 is 1. The Morgan fingerprint density at radius 1 is 1.14 bits per heavy atom. The molecular formula is C21H23N3O4. The van der Waals surface area contributed by atoms with Crippen molar-refractivity contribution < 1.29 is 19.1 Å². The van der Waals surface area contributed by atoms with Crippen molar-refractivity contribution in [2.75, 3.05) is 18.6 Å². The topological polar surface area (TPSA) is 87.7 Å². The maximum absolute atomic E-state index is 12.8. The Bertz CT molecular complexity index is 882. The van der Waals surface area contributed by atoms with Crippen LogP contribution in [0.1, 0.15) is 28.4 Å². The number of anilines is 1. The van der Waals surface area contributed by atoms with Crippen LogP contribution in [0.15, 0.2) is 48.5 Å². The van der Waals surface area contributed by atoms with E-state index in [1.165, 1.54) is 7.11 Å². The molecule has 1 unspecified atom stereocenters. The maximum Gasteiger partial charge on any atom is 0.328 e. The molecule has 7 nitrogen and oxygen atoms in total. The quantitative estimate of drug-likeness (QED) is 0.778. The van der Waals surface area contributed by atoms with Gasteiger partial charge in [0.05, 0.1) is 7.11 Å². The zero-order valence-corrected chi connectivity index (χ0v) is 15.9. The van der Waals surface area contributed by atoms with Gasteiger partial charge < -0.3 is 20.3 Å². The number of carbonyl (C=O) groups excluding carboxylic acids is 3. The second kappa shape index (κ2) is 8.56. The predicted octanol–water partition coefficient (Wildman–Crippen LogP) is 2.25. The molecule has 0 radical (unpaired) electrons. The molecule has 2 aromatic carbocycles. The number of nitrogens with one attached hydrogen (secondary N) is 2. The lowest BCUT2D eigenvalue weighted by atomic mass is 10.1. The first-order valence-corrected chi connectivity index (χ1v) is 9.10. The smallest absolute Gasteiger partial charge is 0.328 e. The molecule has 0 bridgehead atoms. The Hall–Kier alpha value is -3.35. The second-order valence-corrected chi connectivity index (χ2v) is 6.61. The van der Waals surface area contributed by atoms with Gasteiger partial charge in [-0.2, -0.15) is 0 Å². The Balaban J connectivity index is 1.65. The van der Waals surface area contributed by atoms with Crippen molar-refractivity contribution in [2.45, 2.75) is 25.9 Å². The molecule has 146 valence electrons. The molecule has 7 heteroatoms. The molecular weight excluding hydrogens is 358 g/mol. The summed E-state index contributed by atoms with van der Waals surface area (Å²) in [5.74, 6) is -0.545. The van der Waals surface area contributed by atoms with Crippen molar-refractivity contribution in [1.82, 2.24) is 10.6 Å². The number of amides is 3. The van der Waals surface area contributed by atoms with E-state index in [-0.39, 0.29) is 12.5 Å². The zero-order chi connectivity index (χ0) is 20.1. The normalized spacial score (nSPS) is 13.4. The minimum absolute atomic E-state index is 0.0332. The standard InChI is InChI=1S/C21H23N3O4/c1-14(20(26)28-2)23-21(27)22-13-15-8-9-16-10-11-24(18(16)12-15)19(25)17-6-4-3-5-7-17/h3-9,12,14H,10-11,13H2,1-2H3,(H2,22,23,27). The number of fused-ring (bicyclic) bond motifs is 1. The Morgan fingerprint density at radius 2 is 1.89 bits per heavy atom. The number of benzene rings is 2. The number of hydrogen-bond acceptors (Lipinski definition) is 4. The van der Waals surface area contributed by atoms with Crippen LogP contribution in [0.5, 0.6) is 0 Å². The van der Waals surface area contributed by atoms with Crippen molar-refractivity contribution in [3.63, 3.8) is 0 Å². The Kier molecular flexibility index (Phi) is 5.93. The van der Waals surface area contributed by atoms with Crippen molar-refractivity contribution in [1.29, 1.82) is 0 Å². The largest absolute Gasteiger partial charge is 0.467 e. The summed E-state index contributed by atoms with van der Waals surface area (Å²) in [6, 6.07) is 13.8. The van der Waals surface area contributed by atoms with Crippen LogP contribution in [0.3, 0.4) is 0 Å². The predicted molar refractivity (Wildman–Crippen MR) is 105 cm³/mol. The van der Waals surface area contributed by atoms with Gasteiger partial charge in [0.1, 0.15) is 6.04 Å². The van der Waals surface area contributed by atoms with Crippen LogP contribution in [-0.2, 0) is 22.5 Å². The first-order chi connectivity index (χ1) is 13.5. The summed E-state index contributed by atoms with van der Waals surface area (Å²) in [6.07, 6.45) is 0.804. The van der Waals surface area contributed by atoms with Crippen molar-refractivity contribution >= 4 is 23.6 Å². The number of carbonyl (C=O) groups is 3. The van der Waals surface area contributed by atoms with Crippen LogP contribution < -0.4 is 15.5 Å². The van der Waals surface area contributed by atoms with Crippen molar-refractivity contribution in [2.24, 2.45) is 0 Å². The van der Waals surface area contributed by atoms with E-state index < -0.39 is 18.0 Å². The van der Waals surface area contributed by atoms with E-state index in [1.807, 2.05) is 36.4 Å². The number of nitrogens with zero attached hydrogens (tertiary/aromatic N) is 1. The third-order valence-corrected chi connectivity index (χ3v) is 4.67. The third-order valence-electron chi connectivity index (χ3n) is 4.67. The van der Waals surface area contributed by atoms with Gasteiger partial charge in [-0.1, -0.05) is 30.3 Å². The molecule has 3 rings (SSSR count). The number of esters is 1. The van der Waals surface area contributed by atoms with Crippen LogP contribution in [0, 0.1) is 0 Å². The fourth-order valence-electron chi connectivity index (χ4n) is 3.15. The summed E-state index contributed by atoms with van der Waals surface area (Å²) in [5, 5.41) is 5.23. The molecule has 0 saturated carbocycles. The summed E-state index contributed by atoms with van der Waals surface area (Å²) < 4.78 is 4.58. The highest BCUT2D eigenvalue weighted by molar-refractivity contribution is 6.07. The van der Waals surface area contributed by atoms with Crippen LogP contribution in [0.4, 0.5) is 10.5 Å². The lowest BCUT2D eigenvalue weighted by Crippen LogP contribution is -2.44. The van der Waals surface area contributed by atoms with Gasteiger partial charge in [0.25, 0.3) is 5.91 Å². The summed E-state index contributed by atoms with van der Waals surface area (Å²) in [7, 11) is 1.27. The van der Waals surface area contributed by atoms with E-state index in [4.69, 9.17) is 0 Å². The highest BCUT2D eigenvalue weighted by Gasteiger charge is 2.25. The molecule has 0 aromatic heterocycles. The first-order valence-electron chi connectivity index (χ1n) is 9.10. The molecule has 28 heavy (non-hydrogen) atoms. The number of rotatable bonds is 5. The number of ether oxygens (including phenoxy) is 1. The van der Waals surface area contributed by atoms with Gasteiger partial charge in [0, 0.05) is 24.3 Å². The minimum atomic E-state index is -0.732. The fourth-order valence-corrected chi connectivity index (χ4v) is 3.15. The van der Waals surface area contributed by atoms with Gasteiger partial charge in [0.15, 0.2) is 0 Å². The van der Waals surface area contributed by atoms with E-state index in [2.05, 4.69) is 15.4 Å². The van der Waals surface area contributed by atoms with E-state index in [0.29, 0.717) is 12.1 Å². The lowest BCUT2D eigenvalue weighted by molar-refractivity contribution is -0.142. The van der Waals surface area contributed by atoms with Crippen molar-refractivity contribution in [3.05, 3.63) is 65.2 Å². The summed E-state index contributed by atoms with van der Waals surface area (Å²) in [6.45, 7) is 2.46. The van der Waals surface area contributed by atoms with E-state index in [9.17, 15) is 14.4 Å². The minimum Gasteiger partial charge on any atom is -0.467 e. The molecule has 0 saturated heterocycles. The SMILES string of the molecule is COC(=O)C(C)NC(=O)NCc1ccc2c(c1)N(C(=O)c1ccccc1)CC2. The number of hydrogen-bond donors (Lipinski definition) is 2. The average Bonchev–Trinajstić information content (AvgIpc) is 3.14. The average molecular weight is 381 g/mol. The third kappa shape index (κ3) is 4.31. The van der Waals surface area contributed by atoms with Crippen LogP contribution in [-0.4, -0.2) is 37.6 Å². The molecule has 2 aromatic rings.